The minimum Gasteiger partial charge on any atom is -0.454 e. The van der Waals surface area contributed by atoms with Crippen LogP contribution in [0.25, 0.3) is 0 Å². The van der Waals surface area contributed by atoms with Crippen LogP contribution >= 0.6 is 0 Å². The Morgan fingerprint density at radius 1 is 1.08 bits per heavy atom. The highest BCUT2D eigenvalue weighted by Crippen LogP contribution is 2.13. The summed E-state index contributed by atoms with van der Waals surface area (Å²) < 4.78 is 57.3. The van der Waals surface area contributed by atoms with E-state index in [0.717, 1.165) is 12.1 Å². The summed E-state index contributed by atoms with van der Waals surface area (Å²) in [5, 5.41) is 0. The van der Waals surface area contributed by atoms with E-state index >= 15 is 0 Å². The maximum Gasteiger partial charge on any atom is 0.338 e. The van der Waals surface area contributed by atoms with E-state index in [2.05, 4.69) is 4.72 Å². The summed E-state index contributed by atoms with van der Waals surface area (Å²) in [4.78, 5) is 23.7. The highest BCUT2D eigenvalue weighted by Gasteiger charge is 2.17. The quantitative estimate of drug-likeness (QED) is 0.585. The average molecular weight is 383 g/mol. The first-order chi connectivity index (χ1) is 12.2. The molecule has 0 fully saturated rings. The van der Waals surface area contributed by atoms with Gasteiger partial charge < -0.3 is 4.74 Å². The van der Waals surface area contributed by atoms with Gasteiger partial charge in [-0.1, -0.05) is 6.92 Å². The van der Waals surface area contributed by atoms with Crippen LogP contribution in [0.1, 0.15) is 27.6 Å². The number of carbonyl (C=O) groups is 2. The van der Waals surface area contributed by atoms with Crippen LogP contribution in [0.2, 0.25) is 0 Å². The average Bonchev–Trinajstić information content (AvgIpc) is 2.61. The molecule has 0 aromatic heterocycles. The lowest BCUT2D eigenvalue weighted by atomic mass is 10.1. The molecule has 0 aliphatic rings. The second kappa shape index (κ2) is 8.15. The highest BCUT2D eigenvalue weighted by molar-refractivity contribution is 7.89. The van der Waals surface area contributed by atoms with Gasteiger partial charge in [0.2, 0.25) is 15.8 Å². The Morgan fingerprint density at radius 2 is 1.73 bits per heavy atom. The molecule has 6 nitrogen and oxygen atoms in total. The molecule has 0 radical (unpaired) electrons. The molecule has 0 saturated carbocycles. The first-order valence-electron chi connectivity index (χ1n) is 7.49. The Kier molecular flexibility index (Phi) is 6.17. The normalized spacial score (nSPS) is 11.2. The van der Waals surface area contributed by atoms with E-state index < -0.39 is 45.6 Å². The smallest absolute Gasteiger partial charge is 0.338 e. The molecule has 0 amide bonds. The Morgan fingerprint density at radius 3 is 2.35 bits per heavy atom. The topological polar surface area (TPSA) is 89.5 Å². The van der Waals surface area contributed by atoms with Crippen molar-refractivity contribution in [2.24, 2.45) is 0 Å². The molecular formula is C17H15F2NO5S. The summed E-state index contributed by atoms with van der Waals surface area (Å²) in [5.41, 5.74) is -0.516. The van der Waals surface area contributed by atoms with Gasteiger partial charge in [-0.25, -0.2) is 26.7 Å². The van der Waals surface area contributed by atoms with Crippen LogP contribution in [0, 0.1) is 11.6 Å². The number of halogens is 2. The van der Waals surface area contributed by atoms with E-state index in [9.17, 15) is 26.8 Å². The number of hydrogen-bond acceptors (Lipinski definition) is 5. The first kappa shape index (κ1) is 19.7. The minimum atomic E-state index is -3.66. The number of nitrogens with one attached hydrogen (secondary N) is 1. The number of ether oxygens (including phenoxy) is 1. The molecule has 1 N–H and O–H groups in total. The van der Waals surface area contributed by atoms with E-state index in [1.807, 2.05) is 0 Å². The lowest BCUT2D eigenvalue weighted by Crippen LogP contribution is -2.23. The van der Waals surface area contributed by atoms with Crippen molar-refractivity contribution in [3.05, 3.63) is 65.2 Å². The fourth-order valence-electron chi connectivity index (χ4n) is 2.05. The maximum atomic E-state index is 13.5. The summed E-state index contributed by atoms with van der Waals surface area (Å²) in [6.07, 6.45) is 0. The van der Waals surface area contributed by atoms with E-state index in [4.69, 9.17) is 4.74 Å². The van der Waals surface area contributed by atoms with Crippen LogP contribution in [0.5, 0.6) is 0 Å². The summed E-state index contributed by atoms with van der Waals surface area (Å²) in [6, 6.07) is 7.24. The second-order valence-electron chi connectivity index (χ2n) is 5.15. The van der Waals surface area contributed by atoms with Gasteiger partial charge >= 0.3 is 5.97 Å². The van der Waals surface area contributed by atoms with Crippen molar-refractivity contribution >= 4 is 21.8 Å². The molecular weight excluding hydrogens is 368 g/mol. The van der Waals surface area contributed by atoms with Crippen molar-refractivity contribution in [1.29, 1.82) is 0 Å². The fraction of sp³-hybridized carbons (Fsp3) is 0.176. The zero-order chi connectivity index (χ0) is 19.3. The molecule has 2 aromatic carbocycles. The number of carbonyl (C=O) groups excluding carboxylic acids is 2. The summed E-state index contributed by atoms with van der Waals surface area (Å²) in [6.45, 7) is 1.06. The number of esters is 1. The molecule has 2 aromatic rings. The number of rotatable bonds is 7. The van der Waals surface area contributed by atoms with Gasteiger partial charge in [-0.3, -0.25) is 4.79 Å². The number of hydrogen-bond donors (Lipinski definition) is 1. The van der Waals surface area contributed by atoms with Gasteiger partial charge in [0.05, 0.1) is 16.0 Å². The fourth-order valence-corrected chi connectivity index (χ4v) is 3.09. The molecule has 138 valence electrons. The van der Waals surface area contributed by atoms with Gasteiger partial charge in [0.25, 0.3) is 0 Å². The SMILES string of the molecule is CCNS(=O)(=O)c1ccc(C(=O)OCC(=O)c2cc(F)ccc2F)cc1. The van der Waals surface area contributed by atoms with Crippen LogP contribution < -0.4 is 4.72 Å². The molecule has 0 heterocycles. The first-order valence-corrected chi connectivity index (χ1v) is 8.98. The number of sulfonamides is 1. The van der Waals surface area contributed by atoms with Gasteiger partial charge in [-0.05, 0) is 42.5 Å². The van der Waals surface area contributed by atoms with Crippen molar-refractivity contribution in [3.8, 4) is 0 Å². The highest BCUT2D eigenvalue weighted by atomic mass is 32.2. The molecule has 2 rings (SSSR count). The summed E-state index contributed by atoms with van der Waals surface area (Å²) in [7, 11) is -3.66. The molecule has 0 unspecified atom stereocenters. The standard InChI is InChI=1S/C17H15F2NO5S/c1-2-20-26(23,24)13-6-3-11(4-7-13)17(22)25-10-16(21)14-9-12(18)5-8-15(14)19/h3-9,20H,2,10H2,1H3. The molecule has 0 atom stereocenters. The Bertz CT molecular complexity index is 927. The minimum absolute atomic E-state index is 0.00737. The molecule has 0 bridgehead atoms. The third-order valence-corrected chi connectivity index (χ3v) is 4.86. The van der Waals surface area contributed by atoms with Gasteiger partial charge in [0.15, 0.2) is 6.61 Å². The number of ketones is 1. The molecule has 0 aliphatic heterocycles. The predicted octanol–water partition coefficient (Wildman–Crippen LogP) is 2.30. The Balaban J connectivity index is 2.04. The monoisotopic (exact) mass is 383 g/mol. The van der Waals surface area contributed by atoms with Gasteiger partial charge in [0.1, 0.15) is 11.6 Å². The zero-order valence-electron chi connectivity index (χ0n) is 13.7. The van der Waals surface area contributed by atoms with Gasteiger partial charge in [-0.15, -0.1) is 0 Å². The second-order valence-corrected chi connectivity index (χ2v) is 6.92. The van der Waals surface area contributed by atoms with Crippen molar-refractivity contribution < 1.29 is 31.5 Å². The van der Waals surface area contributed by atoms with Crippen LogP contribution in [0.4, 0.5) is 8.78 Å². The lowest BCUT2D eigenvalue weighted by Gasteiger charge is -2.07. The Hall–Kier alpha value is -2.65. The lowest BCUT2D eigenvalue weighted by molar-refractivity contribution is 0.0473. The summed E-state index contributed by atoms with van der Waals surface area (Å²) in [5.74, 6) is -3.52. The summed E-state index contributed by atoms with van der Waals surface area (Å²) >= 11 is 0. The number of Topliss-reactive ketones (excluding diaryl/α,β-unsaturated/α-hetero) is 1. The third kappa shape index (κ3) is 4.70. The van der Waals surface area contributed by atoms with Gasteiger partial charge in [0, 0.05) is 6.54 Å². The van der Waals surface area contributed by atoms with Crippen LogP contribution in [0.15, 0.2) is 47.4 Å². The van der Waals surface area contributed by atoms with Crippen molar-refractivity contribution in [2.45, 2.75) is 11.8 Å². The maximum absolute atomic E-state index is 13.5. The van der Waals surface area contributed by atoms with Crippen LogP contribution in [-0.2, 0) is 14.8 Å². The van der Waals surface area contributed by atoms with E-state index in [1.54, 1.807) is 6.92 Å². The van der Waals surface area contributed by atoms with Gasteiger partial charge in [-0.2, -0.15) is 0 Å². The van der Waals surface area contributed by atoms with Crippen LogP contribution in [-0.4, -0.2) is 33.3 Å². The van der Waals surface area contributed by atoms with Crippen molar-refractivity contribution in [3.63, 3.8) is 0 Å². The zero-order valence-corrected chi connectivity index (χ0v) is 14.5. The van der Waals surface area contributed by atoms with E-state index in [0.29, 0.717) is 6.07 Å². The number of benzene rings is 2. The Labute approximate surface area is 148 Å². The molecule has 0 aliphatic carbocycles. The largest absolute Gasteiger partial charge is 0.454 e. The third-order valence-electron chi connectivity index (χ3n) is 3.30. The van der Waals surface area contributed by atoms with E-state index in [-0.39, 0.29) is 17.0 Å². The van der Waals surface area contributed by atoms with Crippen molar-refractivity contribution in [1.82, 2.24) is 4.72 Å². The molecule has 9 heteroatoms. The van der Waals surface area contributed by atoms with E-state index in [1.165, 1.54) is 24.3 Å². The van der Waals surface area contributed by atoms with Crippen LogP contribution in [0.3, 0.4) is 0 Å². The molecule has 0 spiro atoms. The van der Waals surface area contributed by atoms with Crippen molar-refractivity contribution in [2.75, 3.05) is 13.2 Å². The molecule has 0 saturated heterocycles. The predicted molar refractivity (Wildman–Crippen MR) is 88.3 cm³/mol. The molecule has 26 heavy (non-hydrogen) atoms.